The number of esters is 3. The van der Waals surface area contributed by atoms with Crippen molar-refractivity contribution in [2.75, 3.05) is 32.2 Å². The lowest BCUT2D eigenvalue weighted by Crippen LogP contribution is -2.33. The normalized spacial score (nSPS) is 14.8. The number of nitrogens with zero attached hydrogens (tertiary/aromatic N) is 1. The van der Waals surface area contributed by atoms with E-state index in [2.05, 4.69) is 10.6 Å². The predicted octanol–water partition coefficient (Wildman–Crippen LogP) is 8.71. The van der Waals surface area contributed by atoms with E-state index in [0.717, 1.165) is 19.3 Å². The van der Waals surface area contributed by atoms with Gasteiger partial charge in [-0.25, -0.2) is 9.36 Å². The van der Waals surface area contributed by atoms with Crippen LogP contribution < -0.4 is 24.8 Å². The summed E-state index contributed by atoms with van der Waals surface area (Å²) in [6.07, 6.45) is 3.19. The molecule has 0 bridgehead atoms. The maximum Gasteiger partial charge on any atom is 0.474 e. The molecule has 0 saturated heterocycles. The molecule has 0 aliphatic carbocycles. The molecule has 0 fully saturated rings. The van der Waals surface area contributed by atoms with Gasteiger partial charge >= 0.3 is 25.7 Å². The summed E-state index contributed by atoms with van der Waals surface area (Å²) in [6, 6.07) is 17.0. The maximum absolute atomic E-state index is 13.8. The molecule has 14 nitrogen and oxygen atoms in total. The summed E-state index contributed by atoms with van der Waals surface area (Å²) in [5.74, 6) is -0.376. The number of phosphoric ester groups is 1. The zero-order valence-electron chi connectivity index (χ0n) is 33.1. The number of carbonyl (C=O) groups is 3. The summed E-state index contributed by atoms with van der Waals surface area (Å²) in [7, 11) is -2.42. The van der Waals surface area contributed by atoms with Gasteiger partial charge in [-0.2, -0.15) is 5.26 Å². The molecular formula is C41H48N3O11PS. The lowest BCUT2D eigenvalue weighted by molar-refractivity contribution is -0.143. The number of anilines is 1. The van der Waals surface area contributed by atoms with Gasteiger partial charge in [-0.15, -0.1) is 0 Å². The number of hydrogen-bond donors (Lipinski definition) is 2. The van der Waals surface area contributed by atoms with Crippen molar-refractivity contribution in [3.63, 3.8) is 0 Å². The lowest BCUT2D eigenvalue weighted by Gasteiger charge is -2.36. The van der Waals surface area contributed by atoms with Gasteiger partial charge in [0.2, 0.25) is 0 Å². The second kappa shape index (κ2) is 17.7. The van der Waals surface area contributed by atoms with Gasteiger partial charge in [0.05, 0.1) is 42.1 Å². The number of fused-ring (bicyclic) bond motifs is 6. The third kappa shape index (κ3) is 10.2. The van der Waals surface area contributed by atoms with Crippen molar-refractivity contribution in [3.8, 4) is 29.1 Å². The number of unbranched alkanes of at least 4 members (excludes halogenated alkanes) is 3. The van der Waals surface area contributed by atoms with Gasteiger partial charge in [-0.1, -0.05) is 18.9 Å². The first-order valence-electron chi connectivity index (χ1n) is 18.6. The van der Waals surface area contributed by atoms with Crippen LogP contribution in [0.25, 0.3) is 0 Å². The van der Waals surface area contributed by atoms with Crippen molar-refractivity contribution in [2.24, 2.45) is 10.8 Å². The molecule has 57 heavy (non-hydrogen) atoms. The first-order chi connectivity index (χ1) is 26.9. The molecular weight excluding hydrogens is 774 g/mol. The molecule has 1 spiro atoms. The van der Waals surface area contributed by atoms with Gasteiger partial charge in [0.1, 0.15) is 23.0 Å². The molecule has 0 aromatic heterocycles. The Morgan fingerprint density at radius 3 is 1.95 bits per heavy atom. The minimum absolute atomic E-state index is 0.0319. The van der Waals surface area contributed by atoms with Gasteiger partial charge < -0.3 is 29.6 Å². The molecule has 3 aromatic rings. The minimum atomic E-state index is -3.66. The number of rotatable bonds is 15. The van der Waals surface area contributed by atoms with Gasteiger partial charge in [-0.3, -0.25) is 23.2 Å². The SMILES string of the molecule is COP(=O)(OCCC#N)OCCCCCCNC(=S)Nc1ccc2c(c1)C(=O)OC21c2ccc(OC(=O)C(C)(C)C)cc2Oc2cc(OC(=O)C(C)(C)C)ccc21. The average Bonchev–Trinajstić information content (AvgIpc) is 3.43. The second-order valence-electron chi connectivity index (χ2n) is 15.5. The monoisotopic (exact) mass is 821 g/mol. The van der Waals surface area contributed by atoms with Crippen LogP contribution in [0.15, 0.2) is 54.6 Å². The van der Waals surface area contributed by atoms with Crippen LogP contribution in [0.4, 0.5) is 5.69 Å². The first-order valence-corrected chi connectivity index (χ1v) is 20.4. The highest BCUT2D eigenvalue weighted by Gasteiger charge is 2.54. The van der Waals surface area contributed by atoms with E-state index in [0.29, 0.717) is 46.0 Å². The Morgan fingerprint density at radius 1 is 0.825 bits per heavy atom. The zero-order valence-corrected chi connectivity index (χ0v) is 34.9. The highest BCUT2D eigenvalue weighted by atomic mass is 32.1. The van der Waals surface area contributed by atoms with Crippen LogP contribution in [0, 0.1) is 22.2 Å². The number of benzene rings is 3. The summed E-state index contributed by atoms with van der Waals surface area (Å²) < 4.78 is 51.6. The van der Waals surface area contributed by atoms with Crippen LogP contribution in [0.3, 0.4) is 0 Å². The molecule has 0 saturated carbocycles. The van der Waals surface area contributed by atoms with E-state index in [9.17, 15) is 18.9 Å². The highest BCUT2D eigenvalue weighted by Crippen LogP contribution is 2.57. The quantitative estimate of drug-likeness (QED) is 0.0488. The average molecular weight is 822 g/mol. The third-order valence-electron chi connectivity index (χ3n) is 8.95. The summed E-state index contributed by atoms with van der Waals surface area (Å²) in [5.41, 5.74) is -0.500. The lowest BCUT2D eigenvalue weighted by atomic mass is 9.77. The number of thiocarbonyl (C=S) groups is 1. The fraction of sp³-hybridized carbons (Fsp3) is 0.439. The minimum Gasteiger partial charge on any atom is -0.456 e. The largest absolute Gasteiger partial charge is 0.474 e. The standard InChI is InChI=1S/C41H48N3O11PS/c1-39(2,3)36(46)52-27-14-17-31-33(24-27)54-34-25-28(53-37(47)40(4,5)6)15-18-32(34)41(31)30-16-13-26(23-29(30)35(45)55-41)44-38(57)43-20-10-8-9-11-21-50-56(48,49-7)51-22-12-19-42/h13-18,23-25H,8-12,20-22H2,1-7H3,(H2,43,44,57). The van der Waals surface area contributed by atoms with Crippen molar-refractivity contribution < 1.29 is 51.5 Å². The Morgan fingerprint density at radius 2 is 1.39 bits per heavy atom. The molecule has 0 amide bonds. The van der Waals surface area contributed by atoms with E-state index in [4.69, 9.17) is 50.0 Å². The van der Waals surface area contributed by atoms with Crippen molar-refractivity contribution in [1.29, 1.82) is 5.26 Å². The number of ether oxygens (including phenoxy) is 4. The first kappa shape index (κ1) is 43.3. The molecule has 2 N–H and O–H groups in total. The highest BCUT2D eigenvalue weighted by molar-refractivity contribution is 7.80. The van der Waals surface area contributed by atoms with Crippen molar-refractivity contribution in [1.82, 2.24) is 5.32 Å². The summed E-state index contributed by atoms with van der Waals surface area (Å²) in [4.78, 5) is 39.3. The van der Waals surface area contributed by atoms with E-state index in [1.807, 2.05) is 6.07 Å². The van der Waals surface area contributed by atoms with Gasteiger partial charge in [0, 0.05) is 48.2 Å². The number of hydrogen-bond acceptors (Lipinski definition) is 13. The fourth-order valence-electron chi connectivity index (χ4n) is 5.89. The summed E-state index contributed by atoms with van der Waals surface area (Å²) in [5, 5.41) is 15.3. The second-order valence-corrected chi connectivity index (χ2v) is 17.7. The number of carbonyl (C=O) groups excluding carboxylic acids is 3. The van der Waals surface area contributed by atoms with Gasteiger partial charge in [0.15, 0.2) is 10.7 Å². The van der Waals surface area contributed by atoms with Crippen molar-refractivity contribution >= 4 is 48.7 Å². The Labute approximate surface area is 338 Å². The predicted molar refractivity (Wildman–Crippen MR) is 214 cm³/mol. The van der Waals surface area contributed by atoms with Crippen LogP contribution in [0.2, 0.25) is 0 Å². The van der Waals surface area contributed by atoms with Crippen LogP contribution in [-0.2, 0) is 38.1 Å². The molecule has 304 valence electrons. The molecule has 0 radical (unpaired) electrons. The van der Waals surface area contributed by atoms with E-state index < -0.39 is 42.2 Å². The van der Waals surface area contributed by atoms with Crippen LogP contribution in [-0.4, -0.2) is 49.9 Å². The Bertz CT molecular complexity index is 2040. The van der Waals surface area contributed by atoms with E-state index in [1.165, 1.54) is 7.11 Å². The fourth-order valence-corrected chi connectivity index (χ4v) is 7.07. The zero-order chi connectivity index (χ0) is 41.6. The number of phosphoric acid groups is 1. The Hall–Kier alpha value is -4.84. The maximum atomic E-state index is 13.8. The molecule has 16 heteroatoms. The molecule has 1 unspecified atom stereocenters. The molecule has 2 aliphatic heterocycles. The van der Waals surface area contributed by atoms with E-state index >= 15 is 0 Å². The molecule has 5 rings (SSSR count). The van der Waals surface area contributed by atoms with Crippen molar-refractivity contribution in [3.05, 3.63) is 76.9 Å². The van der Waals surface area contributed by atoms with Crippen molar-refractivity contribution in [2.45, 2.75) is 79.2 Å². The topological polar surface area (TPSA) is 181 Å². The van der Waals surface area contributed by atoms with Crippen LogP contribution in [0.1, 0.15) is 101 Å². The van der Waals surface area contributed by atoms with Crippen LogP contribution in [0.5, 0.6) is 23.0 Å². The van der Waals surface area contributed by atoms with E-state index in [-0.39, 0.29) is 42.6 Å². The van der Waals surface area contributed by atoms with E-state index in [1.54, 1.807) is 96.1 Å². The van der Waals surface area contributed by atoms with Crippen LogP contribution >= 0.6 is 20.0 Å². The molecule has 1 atom stereocenters. The smallest absolute Gasteiger partial charge is 0.456 e. The third-order valence-corrected chi connectivity index (χ3v) is 10.6. The van der Waals surface area contributed by atoms with Gasteiger partial charge in [-0.05, 0) is 103 Å². The molecule has 3 aromatic carbocycles. The Balaban J connectivity index is 1.29. The molecule has 2 heterocycles. The summed E-state index contributed by atoms with van der Waals surface area (Å²) in [6.45, 7) is 11.3. The number of nitrogens with one attached hydrogen (secondary N) is 2. The molecule has 2 aliphatic rings. The van der Waals surface area contributed by atoms with Gasteiger partial charge in [0.25, 0.3) is 0 Å². The Kier molecular flexibility index (Phi) is 13.5. The number of nitriles is 1. The summed E-state index contributed by atoms with van der Waals surface area (Å²) >= 11 is 5.54.